The first-order valence-electron chi connectivity index (χ1n) is 6.08. The predicted molar refractivity (Wildman–Crippen MR) is 66.7 cm³/mol. The number of ether oxygens (including phenoxy) is 1. The highest BCUT2D eigenvalue weighted by Gasteiger charge is 2.23. The first kappa shape index (κ1) is 13.5. The van der Waals surface area contributed by atoms with Gasteiger partial charge in [-0.05, 0) is 32.0 Å². The second kappa shape index (κ2) is 5.81. The van der Waals surface area contributed by atoms with Gasteiger partial charge in [-0.15, -0.1) is 0 Å². The van der Waals surface area contributed by atoms with Crippen molar-refractivity contribution >= 4 is 15.7 Å². The number of carbonyl (C=O) groups is 1. The van der Waals surface area contributed by atoms with E-state index >= 15 is 0 Å². The molecular formula is C11H18N2O4S. The second-order valence-electron chi connectivity index (χ2n) is 4.59. The fourth-order valence-electron chi connectivity index (χ4n) is 2.07. The third-order valence-electron chi connectivity index (χ3n) is 3.01. The van der Waals surface area contributed by atoms with E-state index in [-0.39, 0.29) is 24.4 Å². The molecule has 0 aliphatic carbocycles. The van der Waals surface area contributed by atoms with Crippen molar-refractivity contribution in [3.05, 3.63) is 11.5 Å². The van der Waals surface area contributed by atoms with Crippen molar-refractivity contribution in [2.45, 2.75) is 25.0 Å². The Bertz CT molecular complexity index is 426. The van der Waals surface area contributed by atoms with Gasteiger partial charge in [-0.25, -0.2) is 8.42 Å². The van der Waals surface area contributed by atoms with Gasteiger partial charge in [-0.3, -0.25) is 4.79 Å². The molecule has 1 fully saturated rings. The molecule has 102 valence electrons. The zero-order valence-electron chi connectivity index (χ0n) is 10.1. The maximum absolute atomic E-state index is 11.6. The SMILES string of the molecule is O=C(COC1CCNCC1)NC1C=CS(=O)(=O)C1. The molecule has 18 heavy (non-hydrogen) atoms. The molecule has 2 heterocycles. The lowest BCUT2D eigenvalue weighted by atomic mass is 10.1. The van der Waals surface area contributed by atoms with Gasteiger partial charge in [0, 0.05) is 5.41 Å². The van der Waals surface area contributed by atoms with Crippen molar-refractivity contribution < 1.29 is 17.9 Å². The van der Waals surface area contributed by atoms with Crippen LogP contribution < -0.4 is 10.6 Å². The molecule has 0 bridgehead atoms. The number of hydrogen-bond donors (Lipinski definition) is 2. The van der Waals surface area contributed by atoms with E-state index < -0.39 is 15.9 Å². The van der Waals surface area contributed by atoms with Crippen molar-refractivity contribution in [3.8, 4) is 0 Å². The summed E-state index contributed by atoms with van der Waals surface area (Å²) in [5.41, 5.74) is 0. The van der Waals surface area contributed by atoms with Crippen molar-refractivity contribution in [2.75, 3.05) is 25.4 Å². The van der Waals surface area contributed by atoms with Crippen LogP contribution in [0.5, 0.6) is 0 Å². The largest absolute Gasteiger partial charge is 0.368 e. The minimum Gasteiger partial charge on any atom is -0.368 e. The summed E-state index contributed by atoms with van der Waals surface area (Å²) in [5, 5.41) is 6.99. The molecule has 7 heteroatoms. The van der Waals surface area contributed by atoms with Crippen LogP contribution >= 0.6 is 0 Å². The summed E-state index contributed by atoms with van der Waals surface area (Å²) >= 11 is 0. The van der Waals surface area contributed by atoms with E-state index in [4.69, 9.17) is 4.74 Å². The Kier molecular flexibility index (Phi) is 4.36. The highest BCUT2D eigenvalue weighted by atomic mass is 32.2. The molecule has 0 aromatic heterocycles. The van der Waals surface area contributed by atoms with E-state index in [1.54, 1.807) is 0 Å². The number of nitrogens with one attached hydrogen (secondary N) is 2. The van der Waals surface area contributed by atoms with Gasteiger partial charge < -0.3 is 15.4 Å². The van der Waals surface area contributed by atoms with E-state index in [0.717, 1.165) is 31.3 Å². The summed E-state index contributed by atoms with van der Waals surface area (Å²) in [6.45, 7) is 1.82. The summed E-state index contributed by atoms with van der Waals surface area (Å²) < 4.78 is 27.8. The summed E-state index contributed by atoms with van der Waals surface area (Å²) in [6, 6.07) is -0.417. The molecule has 2 aliphatic heterocycles. The molecular weight excluding hydrogens is 256 g/mol. The van der Waals surface area contributed by atoms with E-state index in [1.807, 2.05) is 0 Å². The second-order valence-corrected chi connectivity index (χ2v) is 6.52. The quantitative estimate of drug-likeness (QED) is 0.700. The Hall–Kier alpha value is -0.920. The van der Waals surface area contributed by atoms with Crippen molar-refractivity contribution in [1.29, 1.82) is 0 Å². The topological polar surface area (TPSA) is 84.5 Å². The van der Waals surface area contributed by atoms with Gasteiger partial charge in [-0.2, -0.15) is 0 Å². The lowest BCUT2D eigenvalue weighted by Crippen LogP contribution is -2.40. The molecule has 0 aromatic carbocycles. The van der Waals surface area contributed by atoms with Crippen LogP contribution in [0, 0.1) is 0 Å². The maximum atomic E-state index is 11.6. The summed E-state index contributed by atoms with van der Waals surface area (Å²) in [7, 11) is -3.12. The van der Waals surface area contributed by atoms with Crippen LogP contribution in [0.25, 0.3) is 0 Å². The van der Waals surface area contributed by atoms with Crippen molar-refractivity contribution in [1.82, 2.24) is 10.6 Å². The molecule has 0 spiro atoms. The van der Waals surface area contributed by atoms with Gasteiger partial charge in [0.1, 0.15) is 6.61 Å². The average Bonchev–Trinajstić information content (AvgIpc) is 2.67. The van der Waals surface area contributed by atoms with Crippen LogP contribution in [-0.4, -0.2) is 51.9 Å². The fraction of sp³-hybridized carbons (Fsp3) is 0.727. The van der Waals surface area contributed by atoms with E-state index in [1.165, 1.54) is 6.08 Å². The smallest absolute Gasteiger partial charge is 0.246 e. The molecule has 1 atom stereocenters. The van der Waals surface area contributed by atoms with Crippen LogP contribution in [0.2, 0.25) is 0 Å². The molecule has 0 saturated carbocycles. The molecule has 2 aliphatic rings. The highest BCUT2D eigenvalue weighted by Crippen LogP contribution is 2.09. The van der Waals surface area contributed by atoms with E-state index in [0.29, 0.717) is 0 Å². The third kappa shape index (κ3) is 4.08. The molecule has 0 aromatic rings. The lowest BCUT2D eigenvalue weighted by molar-refractivity contribution is -0.128. The average molecular weight is 274 g/mol. The van der Waals surface area contributed by atoms with Crippen molar-refractivity contribution in [3.63, 3.8) is 0 Å². The third-order valence-corrected chi connectivity index (χ3v) is 4.41. The van der Waals surface area contributed by atoms with Gasteiger partial charge in [0.2, 0.25) is 5.91 Å². The van der Waals surface area contributed by atoms with Gasteiger partial charge in [0.25, 0.3) is 0 Å². The molecule has 0 radical (unpaired) electrons. The standard InChI is InChI=1S/C11H18N2O4S/c14-11(7-17-10-1-4-12-5-2-10)13-9-3-6-18(15,16)8-9/h3,6,9-10,12H,1-2,4-5,7-8H2,(H,13,14). The van der Waals surface area contributed by atoms with Crippen LogP contribution in [0.3, 0.4) is 0 Å². The van der Waals surface area contributed by atoms with Crippen LogP contribution in [0.4, 0.5) is 0 Å². The summed E-state index contributed by atoms with van der Waals surface area (Å²) in [5.74, 6) is -0.313. The number of carbonyl (C=O) groups excluding carboxylic acids is 1. The Morgan fingerprint density at radius 1 is 1.39 bits per heavy atom. The monoisotopic (exact) mass is 274 g/mol. The predicted octanol–water partition coefficient (Wildman–Crippen LogP) is -0.818. The van der Waals surface area contributed by atoms with Gasteiger partial charge in [0.05, 0.1) is 17.9 Å². The molecule has 1 unspecified atom stereocenters. The van der Waals surface area contributed by atoms with Gasteiger partial charge >= 0.3 is 0 Å². The Labute approximate surface area is 107 Å². The number of hydrogen-bond acceptors (Lipinski definition) is 5. The molecule has 6 nitrogen and oxygen atoms in total. The molecule has 1 amide bonds. The first-order valence-corrected chi connectivity index (χ1v) is 7.79. The lowest BCUT2D eigenvalue weighted by Gasteiger charge is -2.22. The normalized spacial score (nSPS) is 27.2. The van der Waals surface area contributed by atoms with E-state index in [9.17, 15) is 13.2 Å². The van der Waals surface area contributed by atoms with Crippen molar-refractivity contribution in [2.24, 2.45) is 0 Å². The van der Waals surface area contributed by atoms with Gasteiger partial charge in [-0.1, -0.05) is 0 Å². The maximum Gasteiger partial charge on any atom is 0.246 e. The summed E-state index contributed by atoms with van der Waals surface area (Å²) in [4.78, 5) is 11.6. The minimum atomic E-state index is -3.12. The van der Waals surface area contributed by atoms with Crippen LogP contribution in [-0.2, 0) is 19.4 Å². The van der Waals surface area contributed by atoms with Crippen LogP contribution in [0.15, 0.2) is 11.5 Å². The zero-order chi connectivity index (χ0) is 13.0. The number of piperidine rings is 1. The van der Waals surface area contributed by atoms with Crippen LogP contribution in [0.1, 0.15) is 12.8 Å². The highest BCUT2D eigenvalue weighted by molar-refractivity contribution is 7.94. The minimum absolute atomic E-state index is 0.00491. The first-order chi connectivity index (χ1) is 8.55. The Balaban J connectivity index is 1.68. The molecule has 2 N–H and O–H groups in total. The number of rotatable bonds is 4. The Morgan fingerprint density at radius 3 is 2.72 bits per heavy atom. The Morgan fingerprint density at radius 2 is 2.11 bits per heavy atom. The van der Waals surface area contributed by atoms with E-state index in [2.05, 4.69) is 10.6 Å². The summed E-state index contributed by atoms with van der Waals surface area (Å²) in [6.07, 6.45) is 3.44. The number of amides is 1. The molecule has 1 saturated heterocycles. The zero-order valence-corrected chi connectivity index (χ0v) is 10.9. The van der Waals surface area contributed by atoms with Gasteiger partial charge in [0.15, 0.2) is 9.84 Å². The fourth-order valence-corrected chi connectivity index (χ4v) is 3.31. The molecule has 2 rings (SSSR count). The number of sulfone groups is 1.